The van der Waals surface area contributed by atoms with Crippen LogP contribution in [0.5, 0.6) is 0 Å². The lowest BCUT2D eigenvalue weighted by molar-refractivity contribution is 0.186. The van der Waals surface area contributed by atoms with E-state index in [1.54, 1.807) is 23.9 Å². The number of methoxy groups -OCH3 is 1. The summed E-state index contributed by atoms with van der Waals surface area (Å²) in [5.74, 6) is 0. The fourth-order valence-electron chi connectivity index (χ4n) is 1.11. The molecule has 0 saturated carbocycles. The maximum absolute atomic E-state index is 11.5. The molecule has 14 heavy (non-hydrogen) atoms. The highest BCUT2D eigenvalue weighted by molar-refractivity contribution is 5.85. The van der Waals surface area contributed by atoms with Crippen molar-refractivity contribution < 1.29 is 4.74 Å². The number of hydrogen-bond donors (Lipinski definition) is 1. The molecule has 0 amide bonds. The number of pyridine rings is 1. The highest BCUT2D eigenvalue weighted by Crippen LogP contribution is 1.90. The van der Waals surface area contributed by atoms with Gasteiger partial charge in [-0.3, -0.25) is 4.79 Å². The lowest BCUT2D eigenvalue weighted by Crippen LogP contribution is -2.25. The number of ether oxygens (including phenoxy) is 1. The zero-order valence-electron chi connectivity index (χ0n) is 8.10. The molecule has 0 atom stereocenters. The SMILES string of the molecule is COCCn1cccc(CN)c1=O.Cl. The second-order valence-corrected chi connectivity index (χ2v) is 2.73. The van der Waals surface area contributed by atoms with Crippen molar-refractivity contribution in [2.24, 2.45) is 5.73 Å². The zero-order valence-corrected chi connectivity index (χ0v) is 8.92. The summed E-state index contributed by atoms with van der Waals surface area (Å²) >= 11 is 0. The van der Waals surface area contributed by atoms with Crippen LogP contribution in [-0.2, 0) is 17.8 Å². The molecule has 0 spiro atoms. The molecule has 5 heteroatoms. The molecule has 1 aromatic heterocycles. The van der Waals surface area contributed by atoms with Gasteiger partial charge in [0.2, 0.25) is 0 Å². The molecule has 1 heterocycles. The average molecular weight is 219 g/mol. The maximum Gasteiger partial charge on any atom is 0.255 e. The van der Waals surface area contributed by atoms with Gasteiger partial charge in [-0.15, -0.1) is 12.4 Å². The second-order valence-electron chi connectivity index (χ2n) is 2.73. The first-order chi connectivity index (χ1) is 6.29. The van der Waals surface area contributed by atoms with Crippen LogP contribution in [0.2, 0.25) is 0 Å². The average Bonchev–Trinajstić information content (AvgIpc) is 2.16. The molecule has 0 saturated heterocycles. The molecular formula is C9H15ClN2O2. The zero-order chi connectivity index (χ0) is 9.68. The Labute approximate surface area is 89.1 Å². The third-order valence-electron chi connectivity index (χ3n) is 1.86. The van der Waals surface area contributed by atoms with E-state index in [9.17, 15) is 4.79 Å². The first-order valence-corrected chi connectivity index (χ1v) is 4.17. The van der Waals surface area contributed by atoms with Gasteiger partial charge in [-0.25, -0.2) is 0 Å². The minimum atomic E-state index is -0.0259. The Morgan fingerprint density at radius 3 is 2.86 bits per heavy atom. The molecule has 0 radical (unpaired) electrons. The van der Waals surface area contributed by atoms with Crippen molar-refractivity contribution in [1.29, 1.82) is 0 Å². The van der Waals surface area contributed by atoms with Gasteiger partial charge in [0.15, 0.2) is 0 Å². The Kier molecular flexibility index (Phi) is 6.19. The van der Waals surface area contributed by atoms with Gasteiger partial charge >= 0.3 is 0 Å². The molecule has 4 nitrogen and oxygen atoms in total. The molecule has 1 aromatic rings. The standard InChI is InChI=1S/C9H14N2O2.ClH/c1-13-6-5-11-4-2-3-8(7-10)9(11)12;/h2-4H,5-7,10H2,1H3;1H. The predicted molar refractivity (Wildman–Crippen MR) is 57.7 cm³/mol. The topological polar surface area (TPSA) is 57.2 Å². The first kappa shape index (κ1) is 13.2. The summed E-state index contributed by atoms with van der Waals surface area (Å²) in [5.41, 5.74) is 6.02. The van der Waals surface area contributed by atoms with E-state index in [2.05, 4.69) is 0 Å². The number of rotatable bonds is 4. The van der Waals surface area contributed by atoms with Crippen molar-refractivity contribution in [3.63, 3.8) is 0 Å². The molecule has 0 fully saturated rings. The van der Waals surface area contributed by atoms with Crippen molar-refractivity contribution in [2.45, 2.75) is 13.1 Å². The Morgan fingerprint density at radius 2 is 2.29 bits per heavy atom. The van der Waals surface area contributed by atoms with Gasteiger partial charge in [0.05, 0.1) is 6.61 Å². The summed E-state index contributed by atoms with van der Waals surface area (Å²) in [7, 11) is 1.61. The lowest BCUT2D eigenvalue weighted by Gasteiger charge is -2.05. The third-order valence-corrected chi connectivity index (χ3v) is 1.86. The van der Waals surface area contributed by atoms with Crippen molar-refractivity contribution >= 4 is 12.4 Å². The number of halogens is 1. The summed E-state index contributed by atoms with van der Waals surface area (Å²) < 4.78 is 6.49. The summed E-state index contributed by atoms with van der Waals surface area (Å²) in [6.07, 6.45) is 1.74. The van der Waals surface area contributed by atoms with Gasteiger partial charge in [0.1, 0.15) is 0 Å². The first-order valence-electron chi connectivity index (χ1n) is 4.17. The fourth-order valence-corrected chi connectivity index (χ4v) is 1.11. The van der Waals surface area contributed by atoms with E-state index in [0.717, 1.165) is 0 Å². The van der Waals surface area contributed by atoms with Crippen molar-refractivity contribution in [3.8, 4) is 0 Å². The van der Waals surface area contributed by atoms with E-state index in [1.807, 2.05) is 6.07 Å². The quantitative estimate of drug-likeness (QED) is 0.795. The smallest absolute Gasteiger partial charge is 0.255 e. The molecule has 80 valence electrons. The van der Waals surface area contributed by atoms with Gasteiger partial charge in [0, 0.05) is 32.0 Å². The third kappa shape index (κ3) is 3.14. The maximum atomic E-state index is 11.5. The Balaban J connectivity index is 0.00000169. The van der Waals surface area contributed by atoms with E-state index in [4.69, 9.17) is 10.5 Å². The van der Waals surface area contributed by atoms with Crippen LogP contribution >= 0.6 is 12.4 Å². The van der Waals surface area contributed by atoms with E-state index in [1.165, 1.54) is 0 Å². The Bertz CT molecular complexity index is 325. The summed E-state index contributed by atoms with van der Waals surface area (Å²) in [6, 6.07) is 3.56. The van der Waals surface area contributed by atoms with Crippen molar-refractivity contribution in [2.75, 3.05) is 13.7 Å². The van der Waals surface area contributed by atoms with Gasteiger partial charge < -0.3 is 15.0 Å². The van der Waals surface area contributed by atoms with Crippen LogP contribution < -0.4 is 11.3 Å². The Morgan fingerprint density at radius 1 is 1.57 bits per heavy atom. The summed E-state index contributed by atoms with van der Waals surface area (Å²) in [4.78, 5) is 11.5. The fraction of sp³-hybridized carbons (Fsp3) is 0.444. The molecule has 0 aliphatic carbocycles. The minimum Gasteiger partial charge on any atom is -0.383 e. The predicted octanol–water partition coefficient (Wildman–Crippen LogP) is 0.375. The highest BCUT2D eigenvalue weighted by Gasteiger charge is 1.99. The van der Waals surface area contributed by atoms with Gasteiger partial charge in [0.25, 0.3) is 5.56 Å². The molecule has 0 bridgehead atoms. The van der Waals surface area contributed by atoms with Crippen LogP contribution in [0.3, 0.4) is 0 Å². The van der Waals surface area contributed by atoms with Crippen LogP contribution in [0.4, 0.5) is 0 Å². The summed E-state index contributed by atoms with van der Waals surface area (Å²) in [5, 5.41) is 0. The van der Waals surface area contributed by atoms with Crippen LogP contribution in [0.15, 0.2) is 23.1 Å². The van der Waals surface area contributed by atoms with Crippen molar-refractivity contribution in [1.82, 2.24) is 4.57 Å². The van der Waals surface area contributed by atoms with Crippen LogP contribution in [0, 0.1) is 0 Å². The minimum absolute atomic E-state index is 0. The summed E-state index contributed by atoms with van der Waals surface area (Å²) in [6.45, 7) is 1.39. The normalized spacial score (nSPS) is 9.57. The molecular weight excluding hydrogens is 204 g/mol. The van der Waals surface area contributed by atoms with Crippen LogP contribution in [-0.4, -0.2) is 18.3 Å². The van der Waals surface area contributed by atoms with Gasteiger partial charge in [-0.2, -0.15) is 0 Å². The number of nitrogens with two attached hydrogens (primary N) is 1. The molecule has 0 aliphatic heterocycles. The van der Waals surface area contributed by atoms with Crippen LogP contribution in [0.25, 0.3) is 0 Å². The van der Waals surface area contributed by atoms with Crippen LogP contribution in [0.1, 0.15) is 5.56 Å². The molecule has 1 rings (SSSR count). The molecule has 0 aromatic carbocycles. The molecule has 2 N–H and O–H groups in total. The number of nitrogens with zero attached hydrogens (tertiary/aromatic N) is 1. The largest absolute Gasteiger partial charge is 0.383 e. The molecule has 0 unspecified atom stereocenters. The van der Waals surface area contributed by atoms with E-state index < -0.39 is 0 Å². The Hall–Kier alpha value is -0.840. The number of hydrogen-bond acceptors (Lipinski definition) is 3. The highest BCUT2D eigenvalue weighted by atomic mass is 35.5. The van der Waals surface area contributed by atoms with E-state index >= 15 is 0 Å². The lowest BCUT2D eigenvalue weighted by atomic mass is 10.3. The van der Waals surface area contributed by atoms with Gasteiger partial charge in [-0.1, -0.05) is 6.07 Å². The molecule has 0 aliphatic rings. The van der Waals surface area contributed by atoms with Crippen molar-refractivity contribution in [3.05, 3.63) is 34.2 Å². The van der Waals surface area contributed by atoms with E-state index in [-0.39, 0.29) is 24.5 Å². The monoisotopic (exact) mass is 218 g/mol. The second kappa shape index (κ2) is 6.59. The van der Waals surface area contributed by atoms with Gasteiger partial charge in [-0.05, 0) is 6.07 Å². The number of aromatic nitrogens is 1. The van der Waals surface area contributed by atoms with E-state index in [0.29, 0.717) is 18.7 Å².